The monoisotopic (exact) mass is 479 g/mol. The highest BCUT2D eigenvalue weighted by atomic mass is 35.5. The van der Waals surface area contributed by atoms with Crippen LogP contribution in [0.5, 0.6) is 0 Å². The molecule has 1 fully saturated rings. The summed E-state index contributed by atoms with van der Waals surface area (Å²) in [5, 5.41) is 3.35. The number of nitrogens with one attached hydrogen (secondary N) is 2. The molecule has 1 aliphatic heterocycles. The minimum atomic E-state index is -3.57. The number of carbonyl (C=O) groups is 1. The van der Waals surface area contributed by atoms with Gasteiger partial charge in [-0.25, -0.2) is 18.1 Å². The van der Waals surface area contributed by atoms with Crippen LogP contribution in [0.15, 0.2) is 47.5 Å². The molecule has 1 amide bonds. The number of piperazine rings is 1. The lowest BCUT2D eigenvalue weighted by Crippen LogP contribution is -2.49. The number of benzene rings is 1. The molecule has 0 radical (unpaired) electrons. The van der Waals surface area contributed by atoms with Crippen molar-refractivity contribution < 1.29 is 13.2 Å². The average Bonchev–Trinajstić information content (AvgIpc) is 2.76. The number of sulfonamides is 1. The second-order valence-electron chi connectivity index (χ2n) is 7.95. The summed E-state index contributed by atoms with van der Waals surface area (Å²) < 4.78 is 27.7. The predicted octanol–water partition coefficient (Wildman–Crippen LogP) is 2.96. The fourth-order valence-electron chi connectivity index (χ4n) is 3.63. The molecule has 1 aliphatic rings. The molecule has 1 saturated heterocycles. The number of aromatic nitrogens is 1. The van der Waals surface area contributed by atoms with Crippen molar-refractivity contribution >= 4 is 39.0 Å². The van der Waals surface area contributed by atoms with Crippen molar-refractivity contribution in [1.29, 1.82) is 0 Å². The van der Waals surface area contributed by atoms with Gasteiger partial charge in [0, 0.05) is 38.4 Å². The number of nitrogens with zero attached hydrogens (tertiary/aromatic N) is 3. The lowest BCUT2D eigenvalue weighted by molar-refractivity contribution is -0.117. The molecule has 1 aromatic heterocycles. The zero-order valence-corrected chi connectivity index (χ0v) is 20.0. The third-order valence-electron chi connectivity index (χ3n) is 5.32. The lowest BCUT2D eigenvalue weighted by atomic mass is 10.2. The first-order valence-corrected chi connectivity index (χ1v) is 12.6. The minimum Gasteiger partial charge on any atom is -0.354 e. The van der Waals surface area contributed by atoms with Gasteiger partial charge in [0.05, 0.1) is 17.3 Å². The Bertz CT molecular complexity index is 1010. The molecule has 1 unspecified atom stereocenters. The van der Waals surface area contributed by atoms with E-state index < -0.39 is 10.0 Å². The minimum absolute atomic E-state index is 0.107. The van der Waals surface area contributed by atoms with Crippen molar-refractivity contribution in [2.75, 3.05) is 42.9 Å². The van der Waals surface area contributed by atoms with Crippen molar-refractivity contribution in [3.63, 3.8) is 0 Å². The van der Waals surface area contributed by atoms with E-state index in [9.17, 15) is 13.2 Å². The van der Waals surface area contributed by atoms with Crippen molar-refractivity contribution in [3.8, 4) is 0 Å². The molecule has 2 aromatic rings. The third-order valence-corrected chi connectivity index (χ3v) is 7.22. The Morgan fingerprint density at radius 1 is 1.16 bits per heavy atom. The zero-order chi connectivity index (χ0) is 23.1. The van der Waals surface area contributed by atoms with Crippen LogP contribution >= 0.6 is 11.6 Å². The average molecular weight is 480 g/mol. The number of carbonyl (C=O) groups excluding carboxylic acids is 1. The molecule has 0 bridgehead atoms. The highest BCUT2D eigenvalue weighted by molar-refractivity contribution is 7.89. The second-order valence-corrected chi connectivity index (χ2v) is 10.1. The zero-order valence-electron chi connectivity index (χ0n) is 18.4. The van der Waals surface area contributed by atoms with Crippen LogP contribution < -0.4 is 14.9 Å². The van der Waals surface area contributed by atoms with Gasteiger partial charge < -0.3 is 10.2 Å². The Balaban J connectivity index is 1.50. The van der Waals surface area contributed by atoms with Crippen LogP contribution in [0.25, 0.3) is 0 Å². The second kappa shape index (κ2) is 11.1. The molecule has 1 atom stereocenters. The molecular weight excluding hydrogens is 450 g/mol. The summed E-state index contributed by atoms with van der Waals surface area (Å²) >= 11 is 6.09. The van der Waals surface area contributed by atoms with E-state index in [1.165, 1.54) is 6.20 Å². The molecular formula is C22H30ClN5O3S. The van der Waals surface area contributed by atoms with Crippen molar-refractivity contribution in [2.24, 2.45) is 0 Å². The number of hydrogen-bond donors (Lipinski definition) is 2. The SMILES string of the molecule is CCCC(C)NS(=O)(=O)c1ccc(N2CCN(CC(=O)Nc3ccccc3Cl)CC2)nc1. The van der Waals surface area contributed by atoms with E-state index in [2.05, 4.69) is 24.8 Å². The summed E-state index contributed by atoms with van der Waals surface area (Å²) in [7, 11) is -3.57. The van der Waals surface area contributed by atoms with Crippen LogP contribution in [0.2, 0.25) is 5.02 Å². The van der Waals surface area contributed by atoms with E-state index in [0.29, 0.717) is 36.9 Å². The summed E-state index contributed by atoms with van der Waals surface area (Å²) in [6.45, 7) is 6.96. The Kier molecular flexibility index (Phi) is 8.47. The summed E-state index contributed by atoms with van der Waals surface area (Å²) in [5.41, 5.74) is 0.607. The van der Waals surface area contributed by atoms with Gasteiger partial charge in [-0.1, -0.05) is 37.1 Å². The Morgan fingerprint density at radius 2 is 1.88 bits per heavy atom. The van der Waals surface area contributed by atoms with Crippen LogP contribution in [0, 0.1) is 0 Å². The van der Waals surface area contributed by atoms with E-state index >= 15 is 0 Å². The van der Waals surface area contributed by atoms with Gasteiger partial charge in [-0.15, -0.1) is 0 Å². The van der Waals surface area contributed by atoms with Crippen LogP contribution in [0.1, 0.15) is 26.7 Å². The van der Waals surface area contributed by atoms with Gasteiger partial charge >= 0.3 is 0 Å². The smallest absolute Gasteiger partial charge is 0.242 e. The van der Waals surface area contributed by atoms with E-state index in [-0.39, 0.29) is 23.4 Å². The van der Waals surface area contributed by atoms with E-state index in [1.54, 1.807) is 24.3 Å². The van der Waals surface area contributed by atoms with Gasteiger partial charge in [0.2, 0.25) is 15.9 Å². The van der Waals surface area contributed by atoms with Crippen LogP contribution in [-0.2, 0) is 14.8 Å². The van der Waals surface area contributed by atoms with E-state index in [0.717, 1.165) is 18.7 Å². The van der Waals surface area contributed by atoms with Crippen molar-refractivity contribution in [3.05, 3.63) is 47.6 Å². The Morgan fingerprint density at radius 3 is 2.50 bits per heavy atom. The van der Waals surface area contributed by atoms with Gasteiger partial charge in [0.25, 0.3) is 0 Å². The number of anilines is 2. The summed E-state index contributed by atoms with van der Waals surface area (Å²) in [4.78, 5) is 21.0. The molecule has 0 saturated carbocycles. The third kappa shape index (κ3) is 6.65. The standard InChI is InChI=1S/C22H30ClN5O3S/c1-3-6-17(2)26-32(30,31)18-9-10-21(24-15-18)28-13-11-27(12-14-28)16-22(29)25-20-8-5-4-7-19(20)23/h4-5,7-10,15,17,26H,3,6,11-14,16H2,1-2H3,(H,25,29). The van der Waals surface area contributed by atoms with Gasteiger partial charge in [0.15, 0.2) is 0 Å². The first kappa shape index (κ1) is 24.4. The van der Waals surface area contributed by atoms with E-state index in [4.69, 9.17) is 11.6 Å². The normalized spacial score (nSPS) is 16.0. The molecule has 0 spiro atoms. The fourth-order valence-corrected chi connectivity index (χ4v) is 5.04. The quantitative estimate of drug-likeness (QED) is 0.574. The maximum absolute atomic E-state index is 12.5. The molecule has 2 N–H and O–H groups in total. The maximum Gasteiger partial charge on any atom is 0.242 e. The van der Waals surface area contributed by atoms with Crippen LogP contribution in [0.4, 0.5) is 11.5 Å². The number of para-hydroxylation sites is 1. The van der Waals surface area contributed by atoms with Crippen LogP contribution in [0.3, 0.4) is 0 Å². The first-order chi connectivity index (χ1) is 15.3. The molecule has 3 rings (SSSR count). The van der Waals surface area contributed by atoms with Crippen molar-refractivity contribution in [2.45, 2.75) is 37.6 Å². The molecule has 8 nitrogen and oxygen atoms in total. The number of rotatable bonds is 9. The van der Waals surface area contributed by atoms with Gasteiger partial charge in [0.1, 0.15) is 10.7 Å². The molecule has 174 valence electrons. The topological polar surface area (TPSA) is 94.6 Å². The van der Waals surface area contributed by atoms with Gasteiger partial charge in [-0.05, 0) is 37.6 Å². The maximum atomic E-state index is 12.5. The van der Waals surface area contributed by atoms with Gasteiger partial charge in [-0.2, -0.15) is 0 Å². The Labute approximate surface area is 195 Å². The van der Waals surface area contributed by atoms with Crippen LogP contribution in [-0.4, -0.2) is 63.0 Å². The van der Waals surface area contributed by atoms with Crippen molar-refractivity contribution in [1.82, 2.24) is 14.6 Å². The largest absolute Gasteiger partial charge is 0.354 e. The highest BCUT2D eigenvalue weighted by Crippen LogP contribution is 2.21. The molecule has 32 heavy (non-hydrogen) atoms. The molecule has 2 heterocycles. The number of hydrogen-bond acceptors (Lipinski definition) is 6. The lowest BCUT2D eigenvalue weighted by Gasteiger charge is -2.35. The predicted molar refractivity (Wildman–Crippen MR) is 128 cm³/mol. The molecule has 0 aliphatic carbocycles. The fraction of sp³-hybridized carbons (Fsp3) is 0.455. The molecule has 1 aromatic carbocycles. The summed E-state index contributed by atoms with van der Waals surface area (Å²) in [6, 6.07) is 10.4. The number of pyridine rings is 1. The Hall–Kier alpha value is -2.20. The number of halogens is 1. The molecule has 10 heteroatoms. The van der Waals surface area contributed by atoms with Gasteiger partial charge in [-0.3, -0.25) is 9.69 Å². The van der Waals surface area contributed by atoms with E-state index in [1.807, 2.05) is 26.0 Å². The first-order valence-electron chi connectivity index (χ1n) is 10.8. The summed E-state index contributed by atoms with van der Waals surface area (Å²) in [6.07, 6.45) is 3.10. The summed E-state index contributed by atoms with van der Waals surface area (Å²) in [5.74, 6) is 0.620. The highest BCUT2D eigenvalue weighted by Gasteiger charge is 2.22. The number of amides is 1.